The molecule has 1 fully saturated rings. The summed E-state index contributed by atoms with van der Waals surface area (Å²) >= 11 is 0. The molecule has 20 heavy (non-hydrogen) atoms. The van der Waals surface area contributed by atoms with Crippen molar-refractivity contribution in [2.75, 3.05) is 38.2 Å². The molecule has 1 saturated heterocycles. The fourth-order valence-electron chi connectivity index (χ4n) is 2.60. The van der Waals surface area contributed by atoms with Gasteiger partial charge < -0.3 is 15.0 Å². The van der Waals surface area contributed by atoms with Gasteiger partial charge >= 0.3 is 0 Å². The minimum absolute atomic E-state index is 0.586. The van der Waals surface area contributed by atoms with E-state index < -0.39 is 0 Å². The second kappa shape index (κ2) is 7.43. The van der Waals surface area contributed by atoms with Crippen LogP contribution in [0.3, 0.4) is 0 Å². The number of hydrogen-bond acceptors (Lipinski definition) is 5. The summed E-state index contributed by atoms with van der Waals surface area (Å²) in [5.41, 5.74) is 0. The molecule has 1 unspecified atom stereocenters. The van der Waals surface area contributed by atoms with Crippen molar-refractivity contribution in [3.63, 3.8) is 0 Å². The van der Waals surface area contributed by atoms with E-state index in [0.717, 1.165) is 32.0 Å². The first-order valence-corrected chi connectivity index (χ1v) is 7.50. The zero-order chi connectivity index (χ0) is 14.4. The molecule has 1 aliphatic rings. The monoisotopic (exact) mass is 278 g/mol. The van der Waals surface area contributed by atoms with Crippen molar-refractivity contribution in [2.24, 2.45) is 11.8 Å². The smallest absolute Gasteiger partial charge is 0.233 e. The van der Waals surface area contributed by atoms with Crippen LogP contribution in [0.2, 0.25) is 0 Å². The largest absolute Gasteiger partial charge is 0.480 e. The maximum Gasteiger partial charge on any atom is 0.233 e. The number of rotatable bonds is 6. The first-order chi connectivity index (χ1) is 9.69. The lowest BCUT2D eigenvalue weighted by atomic mass is 9.98. The molecule has 5 nitrogen and oxygen atoms in total. The molecule has 0 saturated carbocycles. The molecule has 1 aliphatic heterocycles. The van der Waals surface area contributed by atoms with Crippen LogP contribution in [0.4, 0.5) is 5.82 Å². The van der Waals surface area contributed by atoms with Gasteiger partial charge in [-0.2, -0.15) is 4.98 Å². The number of nitrogens with one attached hydrogen (secondary N) is 1. The van der Waals surface area contributed by atoms with E-state index in [4.69, 9.17) is 4.74 Å². The van der Waals surface area contributed by atoms with Gasteiger partial charge in [0.2, 0.25) is 5.88 Å². The number of nitrogens with zero attached hydrogens (tertiary/aromatic N) is 3. The highest BCUT2D eigenvalue weighted by atomic mass is 16.5. The summed E-state index contributed by atoms with van der Waals surface area (Å²) in [4.78, 5) is 11.0. The molecule has 5 heteroatoms. The second-order valence-electron chi connectivity index (χ2n) is 5.93. The Morgan fingerprint density at radius 2 is 2.30 bits per heavy atom. The van der Waals surface area contributed by atoms with Crippen molar-refractivity contribution >= 4 is 5.82 Å². The third-order valence-corrected chi connectivity index (χ3v) is 3.64. The van der Waals surface area contributed by atoms with E-state index in [-0.39, 0.29) is 0 Å². The lowest BCUT2D eigenvalue weighted by Crippen LogP contribution is -2.40. The van der Waals surface area contributed by atoms with E-state index >= 15 is 0 Å². The predicted molar refractivity (Wildman–Crippen MR) is 81.2 cm³/mol. The molecule has 2 rings (SSSR count). The van der Waals surface area contributed by atoms with Crippen LogP contribution < -0.4 is 15.0 Å². The van der Waals surface area contributed by atoms with Crippen molar-refractivity contribution in [3.8, 4) is 5.88 Å². The average molecular weight is 278 g/mol. The minimum Gasteiger partial charge on any atom is -0.480 e. The Morgan fingerprint density at radius 1 is 1.45 bits per heavy atom. The van der Waals surface area contributed by atoms with Gasteiger partial charge in [0, 0.05) is 13.1 Å². The van der Waals surface area contributed by atoms with Gasteiger partial charge in [-0.15, -0.1) is 0 Å². The zero-order valence-electron chi connectivity index (χ0n) is 12.8. The summed E-state index contributed by atoms with van der Waals surface area (Å²) in [5.74, 6) is 2.91. The molecule has 1 N–H and O–H groups in total. The van der Waals surface area contributed by atoms with Gasteiger partial charge in [0.1, 0.15) is 0 Å². The highest BCUT2D eigenvalue weighted by Gasteiger charge is 2.21. The summed E-state index contributed by atoms with van der Waals surface area (Å²) in [7, 11) is 1.63. The van der Waals surface area contributed by atoms with E-state index in [0.29, 0.717) is 17.7 Å². The van der Waals surface area contributed by atoms with Gasteiger partial charge in [-0.3, -0.25) is 4.98 Å². The lowest BCUT2D eigenvalue weighted by molar-refractivity contribution is 0.376. The summed E-state index contributed by atoms with van der Waals surface area (Å²) < 4.78 is 5.15. The summed E-state index contributed by atoms with van der Waals surface area (Å²) in [6.45, 7) is 8.77. The van der Waals surface area contributed by atoms with Crippen LogP contribution >= 0.6 is 0 Å². The maximum absolute atomic E-state index is 5.15. The van der Waals surface area contributed by atoms with Crippen molar-refractivity contribution in [2.45, 2.75) is 26.7 Å². The first kappa shape index (κ1) is 15.0. The first-order valence-electron chi connectivity index (χ1n) is 7.50. The molecule has 0 bridgehead atoms. The van der Waals surface area contributed by atoms with Crippen molar-refractivity contribution < 1.29 is 4.74 Å². The Balaban J connectivity index is 1.89. The van der Waals surface area contributed by atoms with Crippen LogP contribution in [0.1, 0.15) is 26.7 Å². The van der Waals surface area contributed by atoms with Crippen molar-refractivity contribution in [1.82, 2.24) is 15.3 Å². The molecule has 1 atom stereocenters. The van der Waals surface area contributed by atoms with Crippen LogP contribution in [0.25, 0.3) is 0 Å². The van der Waals surface area contributed by atoms with Gasteiger partial charge in [0.25, 0.3) is 0 Å². The van der Waals surface area contributed by atoms with E-state index in [2.05, 4.69) is 34.0 Å². The fourth-order valence-corrected chi connectivity index (χ4v) is 2.60. The van der Waals surface area contributed by atoms with Crippen LogP contribution in [-0.4, -0.2) is 43.3 Å². The molecule has 112 valence electrons. The highest BCUT2D eigenvalue weighted by molar-refractivity contribution is 5.38. The van der Waals surface area contributed by atoms with Gasteiger partial charge in [0.15, 0.2) is 5.82 Å². The SMILES string of the molecule is COc1cncc(N2CCCC(CNCC(C)C)C2)n1. The Bertz CT molecular complexity index is 411. The standard InChI is InChI=1S/C15H26N4O/c1-12(2)7-16-8-13-5-4-6-19(11-13)14-9-17-10-15(18-14)20-3/h9-10,12-13,16H,4-8,11H2,1-3H3. The summed E-state index contributed by atoms with van der Waals surface area (Å²) in [5, 5.41) is 3.56. The number of aromatic nitrogens is 2. The lowest BCUT2D eigenvalue weighted by Gasteiger charge is -2.33. The highest BCUT2D eigenvalue weighted by Crippen LogP contribution is 2.22. The molecule has 0 aliphatic carbocycles. The number of methoxy groups -OCH3 is 1. The third-order valence-electron chi connectivity index (χ3n) is 3.64. The number of hydrogen-bond donors (Lipinski definition) is 1. The molecule has 0 radical (unpaired) electrons. The van der Waals surface area contributed by atoms with Crippen LogP contribution in [0.15, 0.2) is 12.4 Å². The van der Waals surface area contributed by atoms with E-state index in [9.17, 15) is 0 Å². The molecule has 0 spiro atoms. The Morgan fingerprint density at radius 3 is 3.05 bits per heavy atom. The minimum atomic E-state index is 0.586. The predicted octanol–water partition coefficient (Wildman–Crippen LogP) is 1.95. The number of ether oxygens (including phenoxy) is 1. The molecule has 1 aromatic heterocycles. The number of piperidine rings is 1. The van der Waals surface area contributed by atoms with Gasteiger partial charge in [-0.25, -0.2) is 0 Å². The summed E-state index contributed by atoms with van der Waals surface area (Å²) in [6, 6.07) is 0. The molecule has 2 heterocycles. The average Bonchev–Trinajstić information content (AvgIpc) is 2.47. The molecular formula is C15H26N4O. The molecular weight excluding hydrogens is 252 g/mol. The summed E-state index contributed by atoms with van der Waals surface area (Å²) in [6.07, 6.45) is 5.98. The fraction of sp³-hybridized carbons (Fsp3) is 0.733. The Labute approximate surface area is 121 Å². The van der Waals surface area contributed by atoms with Gasteiger partial charge in [-0.05, 0) is 37.8 Å². The maximum atomic E-state index is 5.15. The molecule has 0 amide bonds. The van der Waals surface area contributed by atoms with Crippen LogP contribution in [0.5, 0.6) is 5.88 Å². The zero-order valence-corrected chi connectivity index (χ0v) is 12.8. The van der Waals surface area contributed by atoms with Gasteiger partial charge in [0.05, 0.1) is 19.5 Å². The topological polar surface area (TPSA) is 50.3 Å². The molecule has 1 aromatic rings. The van der Waals surface area contributed by atoms with Crippen LogP contribution in [-0.2, 0) is 0 Å². The Kier molecular flexibility index (Phi) is 5.59. The quantitative estimate of drug-likeness (QED) is 0.862. The van der Waals surface area contributed by atoms with Crippen LogP contribution in [0, 0.1) is 11.8 Å². The van der Waals surface area contributed by atoms with E-state index in [1.165, 1.54) is 12.8 Å². The Hall–Kier alpha value is -1.36. The van der Waals surface area contributed by atoms with E-state index in [1.54, 1.807) is 13.3 Å². The third kappa shape index (κ3) is 4.34. The molecule has 0 aromatic carbocycles. The van der Waals surface area contributed by atoms with Gasteiger partial charge in [-0.1, -0.05) is 13.8 Å². The van der Waals surface area contributed by atoms with E-state index in [1.807, 2.05) is 6.20 Å². The van der Waals surface area contributed by atoms with Crippen molar-refractivity contribution in [1.29, 1.82) is 0 Å². The van der Waals surface area contributed by atoms with Crippen molar-refractivity contribution in [3.05, 3.63) is 12.4 Å². The number of anilines is 1. The normalized spacial score (nSPS) is 19.4. The second-order valence-corrected chi connectivity index (χ2v) is 5.93.